The Labute approximate surface area is 141 Å². The third-order valence-electron chi connectivity index (χ3n) is 4.64. The number of nitrogens with zero attached hydrogens (tertiary/aromatic N) is 1. The first kappa shape index (κ1) is 16.3. The molecule has 126 valence electrons. The van der Waals surface area contributed by atoms with Crippen molar-refractivity contribution in [1.82, 2.24) is 0 Å². The van der Waals surface area contributed by atoms with Crippen LogP contribution in [0.15, 0.2) is 42.5 Å². The zero-order chi connectivity index (χ0) is 17.4. The summed E-state index contributed by atoms with van der Waals surface area (Å²) in [5, 5.41) is 20.7. The van der Waals surface area contributed by atoms with Crippen molar-refractivity contribution in [3.63, 3.8) is 0 Å². The molecule has 3 rings (SSSR count). The van der Waals surface area contributed by atoms with E-state index in [1.807, 2.05) is 25.1 Å². The molecule has 2 aromatic rings. The van der Waals surface area contributed by atoms with Gasteiger partial charge in [0, 0.05) is 31.4 Å². The van der Waals surface area contributed by atoms with Crippen molar-refractivity contribution in [3.8, 4) is 11.5 Å². The maximum absolute atomic E-state index is 12.6. The lowest BCUT2D eigenvalue weighted by Crippen LogP contribution is -2.48. The average molecular weight is 327 g/mol. The van der Waals surface area contributed by atoms with Gasteiger partial charge in [0.15, 0.2) is 5.78 Å². The number of benzene rings is 2. The van der Waals surface area contributed by atoms with E-state index in [1.54, 1.807) is 43.5 Å². The molecule has 0 bridgehead atoms. The third-order valence-corrected chi connectivity index (χ3v) is 4.64. The molecule has 0 radical (unpaired) electrons. The van der Waals surface area contributed by atoms with E-state index in [2.05, 4.69) is 0 Å². The first-order valence-corrected chi connectivity index (χ1v) is 7.80. The number of hydrogen-bond donors (Lipinski definition) is 2. The Morgan fingerprint density at radius 3 is 2.21 bits per heavy atom. The lowest BCUT2D eigenvalue weighted by atomic mass is 9.64. The molecule has 0 aromatic heterocycles. The monoisotopic (exact) mass is 327 g/mol. The summed E-state index contributed by atoms with van der Waals surface area (Å²) in [4.78, 5) is 14.4. The lowest BCUT2D eigenvalue weighted by Gasteiger charge is -2.40. The number of ketones is 1. The van der Waals surface area contributed by atoms with Gasteiger partial charge in [-0.05, 0) is 23.8 Å². The van der Waals surface area contributed by atoms with Gasteiger partial charge in [-0.3, -0.25) is 4.79 Å². The van der Waals surface area contributed by atoms with Crippen molar-refractivity contribution in [1.29, 1.82) is 0 Å². The minimum atomic E-state index is -0.845. The van der Waals surface area contributed by atoms with E-state index >= 15 is 0 Å². The fourth-order valence-corrected chi connectivity index (χ4v) is 3.19. The highest BCUT2D eigenvalue weighted by Gasteiger charge is 2.51. The van der Waals surface area contributed by atoms with Crippen LogP contribution in [0.2, 0.25) is 0 Å². The van der Waals surface area contributed by atoms with Crippen LogP contribution in [0, 0.1) is 0 Å². The molecule has 3 unspecified atom stereocenters. The molecule has 1 aliphatic rings. The summed E-state index contributed by atoms with van der Waals surface area (Å²) in [5.41, 5.74) is 2.07. The maximum atomic E-state index is 12.6. The van der Waals surface area contributed by atoms with E-state index in [0.717, 1.165) is 11.3 Å². The summed E-state index contributed by atoms with van der Waals surface area (Å²) < 4.78 is 5.11. The molecule has 5 nitrogen and oxygen atoms in total. The number of phenols is 1. The second kappa shape index (κ2) is 6.17. The Bertz CT molecular complexity index is 754. The van der Waals surface area contributed by atoms with Crippen molar-refractivity contribution in [2.75, 3.05) is 26.1 Å². The van der Waals surface area contributed by atoms with Crippen LogP contribution >= 0.6 is 0 Å². The largest absolute Gasteiger partial charge is 0.508 e. The number of aliphatic hydroxyl groups excluding tert-OH is 1. The zero-order valence-corrected chi connectivity index (χ0v) is 13.9. The molecule has 1 saturated carbocycles. The predicted octanol–water partition coefficient (Wildman–Crippen LogP) is 2.28. The highest BCUT2D eigenvalue weighted by atomic mass is 16.5. The van der Waals surface area contributed by atoms with Gasteiger partial charge in [-0.15, -0.1) is 0 Å². The average Bonchev–Trinajstić information content (AvgIpc) is 2.57. The fourth-order valence-electron chi connectivity index (χ4n) is 3.19. The second-order valence-corrected chi connectivity index (χ2v) is 6.26. The molecule has 2 N–H and O–H groups in total. The van der Waals surface area contributed by atoms with Gasteiger partial charge in [-0.1, -0.05) is 18.2 Å². The molecule has 0 spiro atoms. The number of carbonyl (C=O) groups is 1. The van der Waals surface area contributed by atoms with Crippen LogP contribution < -0.4 is 9.64 Å². The number of Topliss-reactive ketones (excluding diaryl/α,β-unsaturated/α-hetero) is 1. The van der Waals surface area contributed by atoms with Gasteiger partial charge in [0.05, 0.1) is 25.0 Å². The lowest BCUT2D eigenvalue weighted by molar-refractivity contribution is -0.137. The van der Waals surface area contributed by atoms with E-state index in [-0.39, 0.29) is 11.5 Å². The van der Waals surface area contributed by atoms with Gasteiger partial charge in [0.2, 0.25) is 0 Å². The van der Waals surface area contributed by atoms with E-state index in [9.17, 15) is 15.0 Å². The van der Waals surface area contributed by atoms with Crippen molar-refractivity contribution < 1.29 is 19.7 Å². The summed E-state index contributed by atoms with van der Waals surface area (Å²) in [6.45, 7) is 0. The van der Waals surface area contributed by atoms with Crippen molar-refractivity contribution >= 4 is 11.5 Å². The van der Waals surface area contributed by atoms with E-state index in [1.165, 1.54) is 0 Å². The molecule has 24 heavy (non-hydrogen) atoms. The number of rotatable bonds is 4. The Kier molecular flexibility index (Phi) is 4.20. The highest BCUT2D eigenvalue weighted by Crippen LogP contribution is 2.47. The maximum Gasteiger partial charge on any atom is 0.153 e. The number of methoxy groups -OCH3 is 1. The molecule has 3 atom stereocenters. The van der Waals surface area contributed by atoms with Crippen LogP contribution in [0.3, 0.4) is 0 Å². The van der Waals surface area contributed by atoms with Crippen molar-refractivity contribution in [3.05, 3.63) is 53.6 Å². The van der Waals surface area contributed by atoms with E-state index in [4.69, 9.17) is 4.74 Å². The topological polar surface area (TPSA) is 70.0 Å². The minimum Gasteiger partial charge on any atom is -0.508 e. The SMILES string of the molecule is COc1ccc(C2C(=O)C(c3ccc(N(C)C)cc3O)C2O)cc1. The van der Waals surface area contributed by atoms with Gasteiger partial charge < -0.3 is 19.8 Å². The summed E-state index contributed by atoms with van der Waals surface area (Å²) in [6, 6.07) is 12.3. The Hall–Kier alpha value is -2.53. The van der Waals surface area contributed by atoms with E-state index in [0.29, 0.717) is 11.3 Å². The minimum absolute atomic E-state index is 0.0341. The Balaban J connectivity index is 1.84. The molecule has 1 aliphatic carbocycles. The number of carbonyl (C=O) groups excluding carboxylic acids is 1. The number of hydrogen-bond acceptors (Lipinski definition) is 5. The molecule has 0 amide bonds. The van der Waals surface area contributed by atoms with Crippen LogP contribution in [0.1, 0.15) is 23.0 Å². The molecule has 5 heteroatoms. The quantitative estimate of drug-likeness (QED) is 0.901. The standard InChI is InChI=1S/C19H21NO4/c1-20(2)12-6-9-14(15(21)10-12)17-18(22)16(19(17)23)11-4-7-13(24-3)8-5-11/h4-10,16-18,21-22H,1-3H3. The highest BCUT2D eigenvalue weighted by molar-refractivity contribution is 6.00. The number of aliphatic hydroxyl groups is 1. The molecule has 0 saturated heterocycles. The molecular weight excluding hydrogens is 306 g/mol. The van der Waals surface area contributed by atoms with E-state index < -0.39 is 17.9 Å². The van der Waals surface area contributed by atoms with Crippen LogP contribution in [0.4, 0.5) is 5.69 Å². The van der Waals surface area contributed by atoms with Crippen LogP contribution in [0.5, 0.6) is 11.5 Å². The van der Waals surface area contributed by atoms with Crippen LogP contribution in [0.25, 0.3) is 0 Å². The van der Waals surface area contributed by atoms with Gasteiger partial charge in [-0.25, -0.2) is 0 Å². The molecule has 1 fully saturated rings. The Morgan fingerprint density at radius 1 is 1.04 bits per heavy atom. The number of anilines is 1. The summed E-state index contributed by atoms with van der Waals surface area (Å²) in [6.07, 6.45) is -0.845. The van der Waals surface area contributed by atoms with Gasteiger partial charge in [0.25, 0.3) is 0 Å². The van der Waals surface area contributed by atoms with Gasteiger partial charge in [0.1, 0.15) is 11.5 Å². The smallest absolute Gasteiger partial charge is 0.153 e. The first-order valence-electron chi connectivity index (χ1n) is 7.80. The predicted molar refractivity (Wildman–Crippen MR) is 91.9 cm³/mol. The summed E-state index contributed by atoms with van der Waals surface area (Å²) >= 11 is 0. The molecule has 2 aromatic carbocycles. The number of phenolic OH excluding ortho intramolecular Hbond substituents is 1. The molecular formula is C19H21NO4. The van der Waals surface area contributed by atoms with Crippen molar-refractivity contribution in [2.24, 2.45) is 0 Å². The first-order chi connectivity index (χ1) is 11.4. The van der Waals surface area contributed by atoms with Crippen LogP contribution in [-0.2, 0) is 4.79 Å². The molecule has 0 heterocycles. The third kappa shape index (κ3) is 2.61. The van der Waals surface area contributed by atoms with Gasteiger partial charge in [-0.2, -0.15) is 0 Å². The fraction of sp³-hybridized carbons (Fsp3) is 0.316. The van der Waals surface area contributed by atoms with Crippen molar-refractivity contribution in [2.45, 2.75) is 17.9 Å². The van der Waals surface area contributed by atoms with Crippen LogP contribution in [-0.4, -0.2) is 43.3 Å². The normalized spacial score (nSPS) is 22.8. The number of aromatic hydroxyl groups is 1. The summed E-state index contributed by atoms with van der Waals surface area (Å²) in [5.74, 6) is -0.594. The summed E-state index contributed by atoms with van der Waals surface area (Å²) in [7, 11) is 5.32. The van der Waals surface area contributed by atoms with Gasteiger partial charge >= 0.3 is 0 Å². The molecule has 0 aliphatic heterocycles. The zero-order valence-electron chi connectivity index (χ0n) is 13.9. The Morgan fingerprint density at radius 2 is 1.71 bits per heavy atom. The second-order valence-electron chi connectivity index (χ2n) is 6.26. The number of ether oxygens (including phenoxy) is 1.